The molecule has 1 aromatic rings. The summed E-state index contributed by atoms with van der Waals surface area (Å²) in [6.45, 7) is 2.03. The van der Waals surface area contributed by atoms with Crippen molar-refractivity contribution in [3.63, 3.8) is 0 Å². The van der Waals surface area contributed by atoms with Crippen LogP contribution in [0.1, 0.15) is 25.7 Å². The van der Waals surface area contributed by atoms with Crippen LogP contribution in [-0.4, -0.2) is 35.9 Å². The molecule has 21 heavy (non-hydrogen) atoms. The second-order valence-electron chi connectivity index (χ2n) is 5.22. The number of piperidine rings is 1. The maximum atomic E-state index is 11.8. The van der Waals surface area contributed by atoms with E-state index in [2.05, 4.69) is 15.2 Å². The van der Waals surface area contributed by atoms with Gasteiger partial charge in [0.05, 0.1) is 24.3 Å². The van der Waals surface area contributed by atoms with Crippen molar-refractivity contribution in [2.75, 3.05) is 23.3 Å². The summed E-state index contributed by atoms with van der Waals surface area (Å²) in [7, 11) is 0. The van der Waals surface area contributed by atoms with Crippen LogP contribution in [0.4, 0.5) is 11.5 Å². The monoisotopic (exact) mass is 291 g/mol. The molecule has 2 amide bonds. The number of rotatable bonds is 5. The van der Waals surface area contributed by atoms with Crippen molar-refractivity contribution >= 4 is 23.3 Å². The molecule has 0 aromatic carbocycles. The SMILES string of the molecule is NC(=O)CC(N)C(=O)Nc1ccc(N2CCCCC2)nc1. The first kappa shape index (κ1) is 15.2. The second-order valence-corrected chi connectivity index (χ2v) is 5.22. The van der Waals surface area contributed by atoms with E-state index in [4.69, 9.17) is 11.5 Å². The number of nitrogens with two attached hydrogens (primary N) is 2. The molecule has 1 aliphatic heterocycles. The zero-order valence-corrected chi connectivity index (χ0v) is 11.9. The number of carbonyl (C=O) groups excluding carboxylic acids is 2. The van der Waals surface area contributed by atoms with Gasteiger partial charge < -0.3 is 21.7 Å². The summed E-state index contributed by atoms with van der Waals surface area (Å²) >= 11 is 0. The molecule has 0 bridgehead atoms. The van der Waals surface area contributed by atoms with Crippen molar-refractivity contribution in [3.05, 3.63) is 18.3 Å². The van der Waals surface area contributed by atoms with E-state index < -0.39 is 17.9 Å². The van der Waals surface area contributed by atoms with Crippen LogP contribution in [0, 0.1) is 0 Å². The third-order valence-corrected chi connectivity index (χ3v) is 3.45. The predicted octanol–water partition coefficient (Wildman–Crippen LogP) is 0.213. The fourth-order valence-electron chi connectivity index (χ4n) is 2.31. The minimum Gasteiger partial charge on any atom is -0.370 e. The smallest absolute Gasteiger partial charge is 0.241 e. The Morgan fingerprint density at radius 2 is 2.00 bits per heavy atom. The van der Waals surface area contributed by atoms with Gasteiger partial charge in [0.25, 0.3) is 0 Å². The largest absolute Gasteiger partial charge is 0.370 e. The molecule has 0 spiro atoms. The highest BCUT2D eigenvalue weighted by atomic mass is 16.2. The lowest BCUT2D eigenvalue weighted by Gasteiger charge is -2.27. The molecule has 0 radical (unpaired) electrons. The third-order valence-electron chi connectivity index (χ3n) is 3.45. The summed E-state index contributed by atoms with van der Waals surface area (Å²) in [6, 6.07) is 2.72. The lowest BCUT2D eigenvalue weighted by Crippen LogP contribution is -2.39. The van der Waals surface area contributed by atoms with Crippen molar-refractivity contribution < 1.29 is 9.59 Å². The molecule has 2 rings (SSSR count). The molecule has 1 saturated heterocycles. The predicted molar refractivity (Wildman–Crippen MR) is 80.7 cm³/mol. The van der Waals surface area contributed by atoms with Crippen LogP contribution in [-0.2, 0) is 9.59 Å². The zero-order chi connectivity index (χ0) is 15.2. The molecule has 7 heteroatoms. The number of hydrogen-bond donors (Lipinski definition) is 3. The average molecular weight is 291 g/mol. The molecule has 2 heterocycles. The van der Waals surface area contributed by atoms with Crippen molar-refractivity contribution in [2.45, 2.75) is 31.7 Å². The number of aromatic nitrogens is 1. The van der Waals surface area contributed by atoms with E-state index in [0.29, 0.717) is 5.69 Å². The second kappa shape index (κ2) is 7.03. The maximum Gasteiger partial charge on any atom is 0.241 e. The topological polar surface area (TPSA) is 114 Å². The fraction of sp³-hybridized carbons (Fsp3) is 0.500. The van der Waals surface area contributed by atoms with Gasteiger partial charge in [-0.2, -0.15) is 0 Å². The van der Waals surface area contributed by atoms with E-state index in [1.165, 1.54) is 19.3 Å². The highest BCUT2D eigenvalue weighted by Crippen LogP contribution is 2.18. The Bertz CT molecular complexity index is 497. The molecule has 7 nitrogen and oxygen atoms in total. The van der Waals surface area contributed by atoms with E-state index in [1.807, 2.05) is 6.07 Å². The van der Waals surface area contributed by atoms with Gasteiger partial charge in [0.15, 0.2) is 0 Å². The van der Waals surface area contributed by atoms with Gasteiger partial charge in [-0.05, 0) is 31.4 Å². The standard InChI is InChI=1S/C14H21N5O2/c15-11(8-12(16)20)14(21)18-10-4-5-13(17-9-10)19-6-2-1-3-7-19/h4-5,9,11H,1-3,6-8,15H2,(H2,16,20)(H,18,21). The molecule has 1 aliphatic rings. The summed E-state index contributed by atoms with van der Waals surface area (Å²) < 4.78 is 0. The summed E-state index contributed by atoms with van der Waals surface area (Å²) in [4.78, 5) is 29.1. The number of hydrogen-bond acceptors (Lipinski definition) is 5. The molecule has 5 N–H and O–H groups in total. The fourth-order valence-corrected chi connectivity index (χ4v) is 2.31. The molecular weight excluding hydrogens is 270 g/mol. The van der Waals surface area contributed by atoms with Crippen LogP contribution in [0.3, 0.4) is 0 Å². The molecule has 1 aromatic heterocycles. The van der Waals surface area contributed by atoms with E-state index in [9.17, 15) is 9.59 Å². The highest BCUT2D eigenvalue weighted by molar-refractivity contribution is 5.97. The van der Waals surface area contributed by atoms with Crippen LogP contribution < -0.4 is 21.7 Å². The van der Waals surface area contributed by atoms with Crippen LogP contribution in [0.25, 0.3) is 0 Å². The van der Waals surface area contributed by atoms with Crippen molar-refractivity contribution in [1.29, 1.82) is 0 Å². The third kappa shape index (κ3) is 4.42. The van der Waals surface area contributed by atoms with Gasteiger partial charge in [-0.15, -0.1) is 0 Å². The number of nitrogens with one attached hydrogen (secondary N) is 1. The zero-order valence-electron chi connectivity index (χ0n) is 11.9. The number of carbonyl (C=O) groups is 2. The molecule has 114 valence electrons. The quantitative estimate of drug-likeness (QED) is 0.717. The Morgan fingerprint density at radius 1 is 1.29 bits per heavy atom. The maximum absolute atomic E-state index is 11.8. The van der Waals surface area contributed by atoms with Crippen LogP contribution in [0.2, 0.25) is 0 Å². The Morgan fingerprint density at radius 3 is 2.57 bits per heavy atom. The van der Waals surface area contributed by atoms with Gasteiger partial charge in [0, 0.05) is 13.1 Å². The minimum atomic E-state index is -0.940. The normalized spacial score (nSPS) is 16.3. The molecule has 1 unspecified atom stereocenters. The van der Waals surface area contributed by atoms with Crippen molar-refractivity contribution in [1.82, 2.24) is 4.98 Å². The van der Waals surface area contributed by atoms with Gasteiger partial charge >= 0.3 is 0 Å². The summed E-state index contributed by atoms with van der Waals surface area (Å²) in [5.74, 6) is -0.133. The Labute approximate surface area is 123 Å². The Hall–Kier alpha value is -2.15. The number of primary amides is 1. The van der Waals surface area contributed by atoms with E-state index in [0.717, 1.165) is 18.9 Å². The Balaban J connectivity index is 1.92. The minimum absolute atomic E-state index is 0.175. The Kier molecular flexibility index (Phi) is 5.10. The van der Waals surface area contributed by atoms with E-state index >= 15 is 0 Å². The summed E-state index contributed by atoms with van der Waals surface area (Å²) in [6.07, 6.45) is 5.05. The average Bonchev–Trinajstić information content (AvgIpc) is 2.48. The van der Waals surface area contributed by atoms with Gasteiger partial charge in [-0.25, -0.2) is 4.98 Å². The van der Waals surface area contributed by atoms with Crippen LogP contribution >= 0.6 is 0 Å². The lowest BCUT2D eigenvalue weighted by molar-refractivity contribution is -0.123. The van der Waals surface area contributed by atoms with Gasteiger partial charge in [-0.1, -0.05) is 0 Å². The van der Waals surface area contributed by atoms with Gasteiger partial charge in [-0.3, -0.25) is 9.59 Å². The van der Waals surface area contributed by atoms with E-state index in [-0.39, 0.29) is 6.42 Å². The van der Waals surface area contributed by atoms with Crippen molar-refractivity contribution in [3.8, 4) is 0 Å². The molecule has 1 atom stereocenters. The van der Waals surface area contributed by atoms with E-state index in [1.54, 1.807) is 12.3 Å². The number of nitrogens with zero attached hydrogens (tertiary/aromatic N) is 2. The first-order valence-corrected chi connectivity index (χ1v) is 7.12. The first-order valence-electron chi connectivity index (χ1n) is 7.12. The molecule has 0 aliphatic carbocycles. The van der Waals surface area contributed by atoms with Gasteiger partial charge in [0.1, 0.15) is 5.82 Å². The summed E-state index contributed by atoms with van der Waals surface area (Å²) in [5.41, 5.74) is 11.1. The summed E-state index contributed by atoms with van der Waals surface area (Å²) in [5, 5.41) is 2.62. The van der Waals surface area contributed by atoms with Crippen LogP contribution in [0.5, 0.6) is 0 Å². The molecule has 1 fully saturated rings. The number of anilines is 2. The first-order chi connectivity index (χ1) is 10.1. The highest BCUT2D eigenvalue weighted by Gasteiger charge is 2.16. The lowest BCUT2D eigenvalue weighted by atomic mass is 10.1. The number of pyridine rings is 1. The number of amides is 2. The van der Waals surface area contributed by atoms with Gasteiger partial charge in [0.2, 0.25) is 11.8 Å². The molecule has 0 saturated carbocycles. The van der Waals surface area contributed by atoms with Crippen molar-refractivity contribution in [2.24, 2.45) is 11.5 Å². The van der Waals surface area contributed by atoms with Crippen LogP contribution in [0.15, 0.2) is 18.3 Å². The molecular formula is C14H21N5O2.